The van der Waals surface area contributed by atoms with Crippen molar-refractivity contribution < 1.29 is 18.0 Å². The second kappa shape index (κ2) is 15.6. The number of benzene rings is 4. The lowest BCUT2D eigenvalue weighted by atomic mass is 10.0. The Balaban J connectivity index is 1.85. The smallest absolute Gasteiger partial charge is 0.264 e. The molecule has 2 amide bonds. The van der Waals surface area contributed by atoms with Gasteiger partial charge in [0.25, 0.3) is 10.0 Å². The summed E-state index contributed by atoms with van der Waals surface area (Å²) >= 11 is 12.9. The van der Waals surface area contributed by atoms with Gasteiger partial charge in [0.1, 0.15) is 12.6 Å². The quantitative estimate of drug-likeness (QED) is 0.160. The van der Waals surface area contributed by atoms with E-state index in [1.807, 2.05) is 82.3 Å². The van der Waals surface area contributed by atoms with Gasteiger partial charge in [-0.1, -0.05) is 102 Å². The standard InChI is InChI=1S/C36H39Cl2N3O4S/c1-5-27(4)39-36(43)34(21-28-12-7-6-8-13-28)40(23-29-14-10-9-11-26(29)3)35(42)24-41(33-22-30(37)17-20-32(33)38)46(44,45)31-18-15-25(2)16-19-31/h6-20,22,27,34H,5,21,23-24H2,1-4H3,(H,39,43)/t27-,34-/m0/s1. The molecule has 0 heterocycles. The van der Waals surface area contributed by atoms with Gasteiger partial charge in [0.05, 0.1) is 15.6 Å². The largest absolute Gasteiger partial charge is 0.352 e. The van der Waals surface area contributed by atoms with E-state index in [1.165, 1.54) is 29.2 Å². The Morgan fingerprint density at radius 1 is 0.870 bits per heavy atom. The summed E-state index contributed by atoms with van der Waals surface area (Å²) in [4.78, 5) is 30.1. The maximum atomic E-state index is 14.6. The molecular weight excluding hydrogens is 641 g/mol. The lowest BCUT2D eigenvalue weighted by molar-refractivity contribution is -0.140. The molecule has 0 saturated heterocycles. The number of hydrogen-bond acceptors (Lipinski definition) is 4. The monoisotopic (exact) mass is 679 g/mol. The van der Waals surface area contributed by atoms with Crippen molar-refractivity contribution in [3.8, 4) is 0 Å². The molecule has 0 aliphatic carbocycles. The molecule has 242 valence electrons. The maximum absolute atomic E-state index is 14.6. The molecule has 0 radical (unpaired) electrons. The summed E-state index contributed by atoms with van der Waals surface area (Å²) < 4.78 is 29.4. The average molecular weight is 681 g/mol. The Labute approximate surface area is 282 Å². The van der Waals surface area contributed by atoms with Crippen LogP contribution in [0.3, 0.4) is 0 Å². The van der Waals surface area contributed by atoms with E-state index in [2.05, 4.69) is 5.32 Å². The summed E-state index contributed by atoms with van der Waals surface area (Å²) in [5.74, 6) is -0.899. The lowest BCUT2D eigenvalue weighted by Crippen LogP contribution is -2.54. The fourth-order valence-electron chi connectivity index (χ4n) is 4.99. The Kier molecular flexibility index (Phi) is 11.9. The molecule has 1 N–H and O–H groups in total. The molecule has 10 heteroatoms. The van der Waals surface area contributed by atoms with E-state index in [0.717, 1.165) is 26.6 Å². The highest BCUT2D eigenvalue weighted by atomic mass is 35.5. The molecule has 4 aromatic carbocycles. The van der Waals surface area contributed by atoms with E-state index in [4.69, 9.17) is 23.2 Å². The molecule has 0 fully saturated rings. The molecule has 46 heavy (non-hydrogen) atoms. The first kappa shape index (κ1) is 35.0. The summed E-state index contributed by atoms with van der Waals surface area (Å²) in [6, 6.07) is 26.8. The van der Waals surface area contributed by atoms with Crippen LogP contribution in [0, 0.1) is 13.8 Å². The third-order valence-corrected chi connectivity index (χ3v) is 10.3. The highest BCUT2D eigenvalue weighted by Gasteiger charge is 2.35. The van der Waals surface area contributed by atoms with Gasteiger partial charge in [-0.25, -0.2) is 8.42 Å². The van der Waals surface area contributed by atoms with Gasteiger partial charge >= 0.3 is 0 Å². The van der Waals surface area contributed by atoms with Crippen molar-refractivity contribution in [2.75, 3.05) is 10.8 Å². The molecule has 4 aromatic rings. The van der Waals surface area contributed by atoms with Crippen molar-refractivity contribution >= 4 is 50.7 Å². The van der Waals surface area contributed by atoms with E-state index in [1.54, 1.807) is 18.2 Å². The summed E-state index contributed by atoms with van der Waals surface area (Å²) in [5, 5.41) is 3.40. The molecule has 0 aliphatic heterocycles. The number of aryl methyl sites for hydroxylation is 2. The predicted molar refractivity (Wildman–Crippen MR) is 186 cm³/mol. The Bertz CT molecular complexity index is 1770. The minimum atomic E-state index is -4.31. The number of anilines is 1. The minimum Gasteiger partial charge on any atom is -0.352 e. The van der Waals surface area contributed by atoms with Crippen LogP contribution in [-0.4, -0.2) is 43.8 Å². The Morgan fingerprint density at radius 2 is 1.52 bits per heavy atom. The number of carbonyl (C=O) groups is 2. The molecule has 4 rings (SSSR count). The van der Waals surface area contributed by atoms with Gasteiger partial charge in [0, 0.05) is 24.0 Å². The SMILES string of the molecule is CC[C@H](C)NC(=O)[C@H](Cc1ccccc1)N(Cc1ccccc1C)C(=O)CN(c1cc(Cl)ccc1Cl)S(=O)(=O)c1ccc(C)cc1. The van der Waals surface area contributed by atoms with Crippen molar-refractivity contribution in [1.29, 1.82) is 0 Å². The van der Waals surface area contributed by atoms with Gasteiger partial charge in [-0.2, -0.15) is 0 Å². The number of amides is 2. The van der Waals surface area contributed by atoms with Crippen LogP contribution < -0.4 is 9.62 Å². The molecule has 2 atom stereocenters. The first-order valence-corrected chi connectivity index (χ1v) is 17.3. The molecule has 7 nitrogen and oxygen atoms in total. The van der Waals surface area contributed by atoms with E-state index < -0.39 is 28.5 Å². The summed E-state index contributed by atoms with van der Waals surface area (Å²) in [5.41, 5.74) is 3.56. The highest BCUT2D eigenvalue weighted by molar-refractivity contribution is 7.92. The highest BCUT2D eigenvalue weighted by Crippen LogP contribution is 2.33. The predicted octanol–water partition coefficient (Wildman–Crippen LogP) is 7.36. The van der Waals surface area contributed by atoms with Gasteiger partial charge in [0.15, 0.2) is 0 Å². The molecule has 0 saturated carbocycles. The van der Waals surface area contributed by atoms with E-state index in [0.29, 0.717) is 6.42 Å². The molecule has 0 aromatic heterocycles. The van der Waals surface area contributed by atoms with Crippen LogP contribution in [0.25, 0.3) is 0 Å². The Hall–Kier alpha value is -3.85. The van der Waals surface area contributed by atoms with Crippen LogP contribution in [0.5, 0.6) is 0 Å². The van der Waals surface area contributed by atoms with Crippen LogP contribution >= 0.6 is 23.2 Å². The maximum Gasteiger partial charge on any atom is 0.264 e. The molecule has 0 bridgehead atoms. The van der Waals surface area contributed by atoms with Gasteiger partial charge < -0.3 is 10.2 Å². The van der Waals surface area contributed by atoms with Crippen molar-refractivity contribution in [1.82, 2.24) is 10.2 Å². The lowest BCUT2D eigenvalue weighted by Gasteiger charge is -2.34. The molecule has 0 spiro atoms. The summed E-state index contributed by atoms with van der Waals surface area (Å²) in [7, 11) is -4.31. The van der Waals surface area contributed by atoms with Crippen LogP contribution in [0.15, 0.2) is 102 Å². The van der Waals surface area contributed by atoms with Gasteiger partial charge in [-0.15, -0.1) is 0 Å². The third kappa shape index (κ3) is 8.69. The molecular formula is C36H39Cl2N3O4S. The van der Waals surface area contributed by atoms with E-state index in [-0.39, 0.29) is 45.5 Å². The van der Waals surface area contributed by atoms with Crippen LogP contribution in [0.4, 0.5) is 5.69 Å². The van der Waals surface area contributed by atoms with Crippen LogP contribution in [0.1, 0.15) is 42.5 Å². The van der Waals surface area contributed by atoms with Crippen molar-refractivity contribution in [2.24, 2.45) is 0 Å². The first-order valence-electron chi connectivity index (χ1n) is 15.1. The number of hydrogen-bond donors (Lipinski definition) is 1. The van der Waals surface area contributed by atoms with Crippen LogP contribution in [0.2, 0.25) is 10.0 Å². The molecule has 0 aliphatic rings. The van der Waals surface area contributed by atoms with Crippen molar-refractivity contribution in [2.45, 2.75) is 64.1 Å². The van der Waals surface area contributed by atoms with E-state index in [9.17, 15) is 18.0 Å². The average Bonchev–Trinajstić information content (AvgIpc) is 3.04. The van der Waals surface area contributed by atoms with Gasteiger partial charge in [0.2, 0.25) is 11.8 Å². The zero-order chi connectivity index (χ0) is 33.4. The van der Waals surface area contributed by atoms with Crippen molar-refractivity contribution in [3.63, 3.8) is 0 Å². The number of carbonyl (C=O) groups excluding carboxylic acids is 2. The van der Waals surface area contributed by atoms with Crippen molar-refractivity contribution in [3.05, 3.63) is 129 Å². The molecule has 0 unspecified atom stereocenters. The van der Waals surface area contributed by atoms with Crippen LogP contribution in [-0.2, 0) is 32.6 Å². The zero-order valence-electron chi connectivity index (χ0n) is 26.4. The van der Waals surface area contributed by atoms with Gasteiger partial charge in [-0.05, 0) is 74.2 Å². The van der Waals surface area contributed by atoms with Gasteiger partial charge in [-0.3, -0.25) is 13.9 Å². The summed E-state index contributed by atoms with van der Waals surface area (Å²) in [6.07, 6.45) is 0.925. The minimum absolute atomic E-state index is 0.0113. The number of nitrogens with one attached hydrogen (secondary N) is 1. The fourth-order valence-corrected chi connectivity index (χ4v) is 6.85. The normalized spacial score (nSPS) is 12.7. The second-order valence-corrected chi connectivity index (χ2v) is 14.1. The number of nitrogens with zero attached hydrogens (tertiary/aromatic N) is 2. The van der Waals surface area contributed by atoms with E-state index >= 15 is 0 Å². The number of sulfonamides is 1. The number of rotatable bonds is 13. The second-order valence-electron chi connectivity index (χ2n) is 11.4. The Morgan fingerprint density at radius 3 is 2.17 bits per heavy atom. The third-order valence-electron chi connectivity index (χ3n) is 7.94. The summed E-state index contributed by atoms with van der Waals surface area (Å²) in [6.45, 7) is 7.12. The number of halogens is 2. The fraction of sp³-hybridized carbons (Fsp3) is 0.278. The zero-order valence-corrected chi connectivity index (χ0v) is 28.7. The first-order chi connectivity index (χ1) is 21.9. The topological polar surface area (TPSA) is 86.8 Å².